The highest BCUT2D eigenvalue weighted by atomic mass is 31.0. The van der Waals surface area contributed by atoms with Gasteiger partial charge in [-0.3, -0.25) is 4.79 Å². The Labute approximate surface area is 164 Å². The van der Waals surface area contributed by atoms with Gasteiger partial charge in [-0.25, -0.2) is 0 Å². The molecule has 0 aromatic heterocycles. The summed E-state index contributed by atoms with van der Waals surface area (Å²) in [7, 11) is 0. The molecule has 3 rings (SSSR count). The minimum atomic E-state index is -0.727. The fraction of sp³-hybridized carbons (Fsp3) is 0.208. The first-order valence-corrected chi connectivity index (χ1v) is 9.12. The van der Waals surface area contributed by atoms with Gasteiger partial charge in [0.1, 0.15) is 0 Å². The van der Waals surface area contributed by atoms with Crippen LogP contribution in [-0.4, -0.2) is 11.1 Å². The molecule has 0 radical (unpaired) electrons. The quantitative estimate of drug-likeness (QED) is 0.309. The lowest BCUT2D eigenvalue weighted by atomic mass is 9.66. The van der Waals surface area contributed by atoms with Crippen LogP contribution < -0.4 is 0 Å². The molecule has 0 fully saturated rings. The second-order valence-electron chi connectivity index (χ2n) is 6.60. The van der Waals surface area contributed by atoms with Gasteiger partial charge in [0.15, 0.2) is 0 Å². The number of benzene rings is 3. The predicted molar refractivity (Wildman–Crippen MR) is 116 cm³/mol. The summed E-state index contributed by atoms with van der Waals surface area (Å²) in [4.78, 5) is 10.9. The normalized spacial score (nSPS) is 10.8. The highest BCUT2D eigenvalue weighted by Crippen LogP contribution is 2.43. The van der Waals surface area contributed by atoms with Crippen LogP contribution in [0.4, 0.5) is 0 Å². The van der Waals surface area contributed by atoms with Crippen molar-refractivity contribution in [1.82, 2.24) is 0 Å². The number of carboxylic acid groups (broad SMARTS) is 1. The Morgan fingerprint density at radius 2 is 1.04 bits per heavy atom. The zero-order valence-electron chi connectivity index (χ0n) is 15.6. The molecule has 3 aromatic rings. The summed E-state index contributed by atoms with van der Waals surface area (Å²) >= 11 is 0. The average Bonchev–Trinajstić information content (AvgIpc) is 2.70. The molecule has 0 amide bonds. The molecule has 0 saturated heterocycles. The Kier molecular flexibility index (Phi) is 7.76. The van der Waals surface area contributed by atoms with Crippen LogP contribution in [0.5, 0.6) is 0 Å². The molecule has 0 bridgehead atoms. The Bertz CT molecular complexity index is 720. The van der Waals surface area contributed by atoms with Crippen LogP contribution in [-0.2, 0) is 10.2 Å². The largest absolute Gasteiger partial charge is 0.481 e. The van der Waals surface area contributed by atoms with E-state index in [1.165, 1.54) is 16.7 Å². The Morgan fingerprint density at radius 3 is 1.37 bits per heavy atom. The molecule has 140 valence electrons. The van der Waals surface area contributed by atoms with E-state index in [1.54, 1.807) is 0 Å². The van der Waals surface area contributed by atoms with Gasteiger partial charge < -0.3 is 5.11 Å². The Hall–Kier alpha value is -2.44. The number of carbonyl (C=O) groups is 1. The molecule has 1 atom stereocenters. The van der Waals surface area contributed by atoms with Crippen LogP contribution >= 0.6 is 9.90 Å². The smallest absolute Gasteiger partial charge is 0.303 e. The number of hydrogen-bond acceptors (Lipinski definition) is 1. The summed E-state index contributed by atoms with van der Waals surface area (Å²) in [6.07, 6.45) is 2.63. The van der Waals surface area contributed by atoms with Gasteiger partial charge in [0.2, 0.25) is 0 Å². The predicted octanol–water partition coefficient (Wildman–Crippen LogP) is 5.72. The summed E-state index contributed by atoms with van der Waals surface area (Å²) in [6, 6.07) is 31.6. The maximum atomic E-state index is 10.9. The molecule has 0 aliphatic carbocycles. The number of carboxylic acids is 1. The Morgan fingerprint density at radius 1 is 0.667 bits per heavy atom. The van der Waals surface area contributed by atoms with E-state index in [4.69, 9.17) is 5.11 Å². The minimum absolute atomic E-state index is 0. The van der Waals surface area contributed by atoms with Crippen molar-refractivity contribution in [2.24, 2.45) is 0 Å². The lowest BCUT2D eigenvalue weighted by Gasteiger charge is -2.36. The van der Waals surface area contributed by atoms with Crippen LogP contribution in [0.25, 0.3) is 0 Å². The molecule has 0 saturated carbocycles. The SMILES string of the molecule is O=C(O)CCCCC(c1ccccc1)(c1ccccc1)c1ccccc1.P. The van der Waals surface area contributed by atoms with Crippen molar-refractivity contribution in [3.63, 3.8) is 0 Å². The van der Waals surface area contributed by atoms with Gasteiger partial charge in [-0.2, -0.15) is 9.90 Å². The number of hydrogen-bond donors (Lipinski definition) is 1. The van der Waals surface area contributed by atoms with Crippen molar-refractivity contribution in [2.75, 3.05) is 0 Å². The van der Waals surface area contributed by atoms with Gasteiger partial charge in [0.05, 0.1) is 0 Å². The summed E-state index contributed by atoms with van der Waals surface area (Å²) in [5, 5.41) is 8.99. The monoisotopic (exact) mass is 378 g/mol. The van der Waals surface area contributed by atoms with E-state index in [-0.39, 0.29) is 21.7 Å². The highest BCUT2D eigenvalue weighted by molar-refractivity contribution is 6.92. The summed E-state index contributed by atoms with van der Waals surface area (Å²) in [5.74, 6) is -0.727. The first kappa shape index (κ1) is 20.9. The second kappa shape index (κ2) is 10.0. The third kappa shape index (κ3) is 4.84. The van der Waals surface area contributed by atoms with E-state index < -0.39 is 5.97 Å². The third-order valence-electron chi connectivity index (χ3n) is 4.99. The van der Waals surface area contributed by atoms with Gasteiger partial charge >= 0.3 is 5.97 Å². The van der Waals surface area contributed by atoms with Crippen LogP contribution in [0.15, 0.2) is 91.0 Å². The summed E-state index contributed by atoms with van der Waals surface area (Å²) in [5.41, 5.74) is 3.45. The second-order valence-corrected chi connectivity index (χ2v) is 6.60. The summed E-state index contributed by atoms with van der Waals surface area (Å²) in [6.45, 7) is 0. The Balaban J connectivity index is 0.00000261. The molecular weight excluding hydrogens is 351 g/mol. The van der Waals surface area contributed by atoms with Gasteiger partial charge in [-0.15, -0.1) is 0 Å². The molecule has 1 N–H and O–H groups in total. The molecule has 27 heavy (non-hydrogen) atoms. The third-order valence-corrected chi connectivity index (χ3v) is 4.99. The van der Waals surface area contributed by atoms with Crippen LogP contribution in [0, 0.1) is 0 Å². The molecular formula is C24H27O2P. The highest BCUT2D eigenvalue weighted by Gasteiger charge is 2.35. The average molecular weight is 378 g/mol. The van der Waals surface area contributed by atoms with Crippen molar-refractivity contribution < 1.29 is 9.90 Å². The van der Waals surface area contributed by atoms with Crippen molar-refractivity contribution in [3.8, 4) is 0 Å². The molecule has 0 aliphatic heterocycles. The lowest BCUT2D eigenvalue weighted by Crippen LogP contribution is -2.29. The number of aliphatic carboxylic acids is 1. The topological polar surface area (TPSA) is 37.3 Å². The van der Waals surface area contributed by atoms with Crippen molar-refractivity contribution in [1.29, 1.82) is 0 Å². The van der Waals surface area contributed by atoms with Crippen LogP contribution in [0.1, 0.15) is 42.4 Å². The van der Waals surface area contributed by atoms with E-state index in [9.17, 15) is 4.79 Å². The van der Waals surface area contributed by atoms with E-state index in [0.29, 0.717) is 6.42 Å². The van der Waals surface area contributed by atoms with E-state index in [0.717, 1.165) is 12.8 Å². The standard InChI is InChI=1S/C24H24O2.H3P/c25-23(26)18-10-11-19-24(20-12-4-1-5-13-20,21-14-6-2-7-15-21)22-16-8-3-9-17-22;/h1-9,12-17H,10-11,18-19H2,(H,25,26);1H3. The number of rotatable bonds is 8. The lowest BCUT2D eigenvalue weighted by molar-refractivity contribution is -0.137. The molecule has 0 spiro atoms. The zero-order valence-corrected chi connectivity index (χ0v) is 17.0. The first-order valence-electron chi connectivity index (χ1n) is 9.12. The molecule has 0 aliphatic rings. The van der Waals surface area contributed by atoms with E-state index >= 15 is 0 Å². The fourth-order valence-corrected chi connectivity index (χ4v) is 3.77. The van der Waals surface area contributed by atoms with Crippen LogP contribution in [0.3, 0.4) is 0 Å². The van der Waals surface area contributed by atoms with Crippen molar-refractivity contribution in [2.45, 2.75) is 31.1 Å². The van der Waals surface area contributed by atoms with Gasteiger partial charge in [0.25, 0.3) is 0 Å². The van der Waals surface area contributed by atoms with Crippen LogP contribution in [0.2, 0.25) is 0 Å². The van der Waals surface area contributed by atoms with E-state index in [2.05, 4.69) is 72.8 Å². The van der Waals surface area contributed by atoms with E-state index in [1.807, 2.05) is 18.2 Å². The molecule has 2 nitrogen and oxygen atoms in total. The van der Waals surface area contributed by atoms with Gasteiger partial charge in [-0.1, -0.05) is 97.4 Å². The number of unbranched alkanes of at least 4 members (excludes halogenated alkanes) is 1. The maximum absolute atomic E-state index is 10.9. The maximum Gasteiger partial charge on any atom is 0.303 e. The van der Waals surface area contributed by atoms with Crippen molar-refractivity contribution >= 4 is 15.9 Å². The molecule has 3 heteroatoms. The molecule has 1 unspecified atom stereocenters. The molecule has 0 heterocycles. The zero-order chi connectivity index (χ0) is 18.2. The van der Waals surface area contributed by atoms with Gasteiger partial charge in [-0.05, 0) is 29.5 Å². The minimum Gasteiger partial charge on any atom is -0.481 e. The molecule has 3 aromatic carbocycles. The fourth-order valence-electron chi connectivity index (χ4n) is 3.77. The van der Waals surface area contributed by atoms with Gasteiger partial charge in [0, 0.05) is 11.8 Å². The van der Waals surface area contributed by atoms with Crippen molar-refractivity contribution in [3.05, 3.63) is 108 Å². The first-order chi connectivity index (χ1) is 12.7. The summed E-state index contributed by atoms with van der Waals surface area (Å²) < 4.78 is 0.